The molecule has 8 aromatic rings. The molecule has 2 aliphatic rings. The molecule has 0 saturated heterocycles. The van der Waals surface area contributed by atoms with Crippen molar-refractivity contribution < 1.29 is 9.47 Å². The maximum atomic E-state index is 6.86. The van der Waals surface area contributed by atoms with E-state index in [2.05, 4.69) is 224 Å². The zero-order valence-corrected chi connectivity index (χ0v) is 38.1. The minimum Gasteiger partial charge on any atom is -0.454 e. The summed E-state index contributed by atoms with van der Waals surface area (Å²) in [7, 11) is -3.07. The van der Waals surface area contributed by atoms with Crippen LogP contribution in [0.3, 0.4) is 0 Å². The fourth-order valence-electron chi connectivity index (χ4n) is 9.21. The Labute approximate surface area is 370 Å². The highest BCUT2D eigenvalue weighted by molar-refractivity contribution is 8.00. The molecule has 0 amide bonds. The summed E-state index contributed by atoms with van der Waals surface area (Å²) in [5, 5.41) is 5.30. The fraction of sp³-hybridized carbons (Fsp3) is 0.143. The van der Waals surface area contributed by atoms with Gasteiger partial charge in [0.2, 0.25) is 0 Å². The zero-order valence-electron chi connectivity index (χ0n) is 35.5. The van der Waals surface area contributed by atoms with Gasteiger partial charge in [-0.2, -0.15) is 0 Å². The second-order valence-corrected chi connectivity index (χ2v) is 24.0. The van der Waals surface area contributed by atoms with Crippen LogP contribution in [0.25, 0.3) is 22.3 Å². The molecular formula is C56H48O2S2Si. The number of hydrogen-bond donors (Lipinski definition) is 0. The number of benzene rings is 8. The monoisotopic (exact) mass is 844 g/mol. The van der Waals surface area contributed by atoms with E-state index < -0.39 is 8.07 Å². The SMILES string of the molecule is CC(C)(C)c1ccc([Si](c2ccccc2)(c2ccccc2)c2ccc(C(C)(C)C)c(-c3cccc4c3Oc3ccccc3S4)c2)cc1-c1cccc2c1Oc1ccccc1S2. The van der Waals surface area contributed by atoms with Gasteiger partial charge in [-0.05, 0) is 90.2 Å². The van der Waals surface area contributed by atoms with E-state index in [4.69, 9.17) is 9.47 Å². The molecular weight excluding hydrogens is 797 g/mol. The summed E-state index contributed by atoms with van der Waals surface area (Å²) in [6.07, 6.45) is 0. The predicted octanol–water partition coefficient (Wildman–Crippen LogP) is 13.5. The normalized spacial score (nSPS) is 13.2. The van der Waals surface area contributed by atoms with Crippen LogP contribution in [0.2, 0.25) is 0 Å². The summed E-state index contributed by atoms with van der Waals surface area (Å²) in [5.74, 6) is 3.65. The van der Waals surface area contributed by atoms with Crippen molar-refractivity contribution in [3.63, 3.8) is 0 Å². The quantitative estimate of drug-likeness (QED) is 0.123. The maximum Gasteiger partial charge on any atom is 0.179 e. The highest BCUT2D eigenvalue weighted by Gasteiger charge is 2.43. The maximum absolute atomic E-state index is 6.86. The van der Waals surface area contributed by atoms with Crippen molar-refractivity contribution in [3.8, 4) is 45.3 Å². The van der Waals surface area contributed by atoms with Gasteiger partial charge in [0.05, 0.1) is 19.6 Å². The predicted molar refractivity (Wildman–Crippen MR) is 260 cm³/mol. The Balaban J connectivity index is 1.26. The van der Waals surface area contributed by atoms with E-state index in [1.807, 2.05) is 0 Å². The van der Waals surface area contributed by atoms with Crippen molar-refractivity contribution in [2.24, 2.45) is 0 Å². The van der Waals surface area contributed by atoms with Crippen LogP contribution < -0.4 is 30.2 Å². The molecule has 2 aliphatic heterocycles. The van der Waals surface area contributed by atoms with Crippen LogP contribution in [0, 0.1) is 0 Å². The molecule has 300 valence electrons. The van der Waals surface area contributed by atoms with Crippen molar-refractivity contribution >= 4 is 52.3 Å². The molecule has 2 heterocycles. The Hall–Kier alpha value is -5.72. The molecule has 0 spiro atoms. The Morgan fingerprint density at radius 2 is 0.721 bits per heavy atom. The molecule has 5 heteroatoms. The second kappa shape index (κ2) is 15.3. The van der Waals surface area contributed by atoms with Crippen LogP contribution in [-0.4, -0.2) is 8.07 Å². The van der Waals surface area contributed by atoms with Crippen molar-refractivity contribution in [2.75, 3.05) is 0 Å². The highest BCUT2D eigenvalue weighted by atomic mass is 32.2. The van der Waals surface area contributed by atoms with Crippen molar-refractivity contribution in [1.29, 1.82) is 0 Å². The molecule has 0 aromatic heterocycles. The first-order valence-corrected chi connectivity index (χ1v) is 24.7. The number of para-hydroxylation sites is 4. The highest BCUT2D eigenvalue weighted by Crippen LogP contribution is 2.53. The third-order valence-electron chi connectivity index (χ3n) is 12.0. The van der Waals surface area contributed by atoms with Crippen LogP contribution in [0.1, 0.15) is 52.7 Å². The first-order chi connectivity index (χ1) is 29.5. The second-order valence-electron chi connectivity index (χ2n) is 18.1. The Kier molecular flexibility index (Phi) is 9.90. The van der Waals surface area contributed by atoms with Gasteiger partial charge in [-0.25, -0.2) is 0 Å². The van der Waals surface area contributed by atoms with Crippen molar-refractivity contribution in [3.05, 3.63) is 193 Å². The lowest BCUT2D eigenvalue weighted by molar-refractivity contribution is 0.456. The minimum absolute atomic E-state index is 0.134. The van der Waals surface area contributed by atoms with Crippen molar-refractivity contribution in [2.45, 2.75) is 72.0 Å². The summed E-state index contributed by atoms with van der Waals surface area (Å²) in [5.41, 5.74) is 6.95. The Morgan fingerprint density at radius 3 is 1.13 bits per heavy atom. The molecule has 8 aromatic carbocycles. The average Bonchev–Trinajstić information content (AvgIpc) is 3.27. The fourth-order valence-corrected chi connectivity index (χ4v) is 15.9. The van der Waals surface area contributed by atoms with E-state index in [0.29, 0.717) is 0 Å². The van der Waals surface area contributed by atoms with E-state index in [1.165, 1.54) is 43.0 Å². The lowest BCUT2D eigenvalue weighted by Crippen LogP contribution is -2.74. The minimum atomic E-state index is -3.07. The summed E-state index contributed by atoms with van der Waals surface area (Å²) in [4.78, 5) is 4.54. The summed E-state index contributed by atoms with van der Waals surface area (Å²) in [6, 6.07) is 67.3. The van der Waals surface area contributed by atoms with Gasteiger partial charge in [0.25, 0.3) is 0 Å². The summed E-state index contributed by atoms with van der Waals surface area (Å²) in [6.45, 7) is 13.9. The van der Waals surface area contributed by atoms with Gasteiger partial charge in [0.15, 0.2) is 8.07 Å². The first kappa shape index (κ1) is 39.4. The number of rotatable bonds is 6. The molecule has 0 N–H and O–H groups in total. The molecule has 0 atom stereocenters. The lowest BCUT2D eigenvalue weighted by atomic mass is 9.81. The van der Waals surface area contributed by atoms with E-state index >= 15 is 0 Å². The third kappa shape index (κ3) is 6.93. The van der Waals surface area contributed by atoms with Gasteiger partial charge in [-0.3, -0.25) is 0 Å². The first-order valence-electron chi connectivity index (χ1n) is 21.1. The molecule has 0 fully saturated rings. The van der Waals surface area contributed by atoms with Crippen LogP contribution >= 0.6 is 23.5 Å². The molecule has 0 bridgehead atoms. The molecule has 0 aliphatic carbocycles. The third-order valence-corrected chi connectivity index (χ3v) is 19.0. The van der Waals surface area contributed by atoms with Crippen LogP contribution in [0.5, 0.6) is 23.0 Å². The van der Waals surface area contributed by atoms with E-state index in [9.17, 15) is 0 Å². The standard InChI is InChI=1S/C56H48O2S2Si/c1-55(2,3)45-33-31-39(35-43(45)41-23-17-29-51-53(41)57-47-25-13-15-27-49(47)59-51)61(37-19-9-7-10-20-37,38-21-11-8-12-22-38)40-32-34-46(56(4,5)6)44(36-40)42-24-18-30-52-54(42)58-48-26-14-16-28-50(48)60-52/h7-36H,1-6H3. The topological polar surface area (TPSA) is 18.5 Å². The molecule has 0 saturated carbocycles. The average molecular weight is 845 g/mol. The van der Waals surface area contributed by atoms with Crippen molar-refractivity contribution in [1.82, 2.24) is 0 Å². The van der Waals surface area contributed by atoms with E-state index in [-0.39, 0.29) is 10.8 Å². The van der Waals surface area contributed by atoms with Gasteiger partial charge < -0.3 is 9.47 Å². The zero-order chi connectivity index (χ0) is 41.9. The number of ether oxygens (including phenoxy) is 2. The van der Waals surface area contributed by atoms with Crippen LogP contribution in [0.4, 0.5) is 0 Å². The largest absolute Gasteiger partial charge is 0.454 e. The van der Waals surface area contributed by atoms with E-state index in [1.54, 1.807) is 23.5 Å². The van der Waals surface area contributed by atoms with Gasteiger partial charge >= 0.3 is 0 Å². The molecule has 10 rings (SSSR count). The molecule has 0 unspecified atom stereocenters. The van der Waals surface area contributed by atoms with Crippen LogP contribution in [0.15, 0.2) is 202 Å². The van der Waals surface area contributed by atoms with Gasteiger partial charge in [0, 0.05) is 11.1 Å². The lowest BCUT2D eigenvalue weighted by Gasteiger charge is -2.37. The van der Waals surface area contributed by atoms with Gasteiger partial charge in [-0.1, -0.05) is 211 Å². The Bertz CT molecular complexity index is 2740. The summed E-state index contributed by atoms with van der Waals surface area (Å²) >= 11 is 3.57. The van der Waals surface area contributed by atoms with Crippen LogP contribution in [-0.2, 0) is 10.8 Å². The Morgan fingerprint density at radius 1 is 0.344 bits per heavy atom. The molecule has 2 nitrogen and oxygen atoms in total. The van der Waals surface area contributed by atoms with Gasteiger partial charge in [-0.15, -0.1) is 0 Å². The molecule has 61 heavy (non-hydrogen) atoms. The molecule has 0 radical (unpaired) electrons. The van der Waals surface area contributed by atoms with E-state index in [0.717, 1.165) is 53.7 Å². The van der Waals surface area contributed by atoms with Gasteiger partial charge in [0.1, 0.15) is 23.0 Å². The number of fused-ring (bicyclic) bond motifs is 4. The smallest absolute Gasteiger partial charge is 0.179 e. The number of hydrogen-bond acceptors (Lipinski definition) is 4. The summed E-state index contributed by atoms with van der Waals surface area (Å²) < 4.78 is 13.7.